The third kappa shape index (κ3) is 5.23. The molecular formula is C30H39NO5. The number of aromatic nitrogens is 1. The van der Waals surface area contributed by atoms with Crippen LogP contribution in [0, 0.1) is 0 Å². The van der Waals surface area contributed by atoms with Crippen molar-refractivity contribution in [2.75, 3.05) is 0 Å². The van der Waals surface area contributed by atoms with Crippen LogP contribution < -0.4 is 10.3 Å². The van der Waals surface area contributed by atoms with E-state index in [-0.39, 0.29) is 11.6 Å². The predicted octanol–water partition coefficient (Wildman–Crippen LogP) is 7.33. The van der Waals surface area contributed by atoms with Gasteiger partial charge < -0.3 is 14.4 Å². The van der Waals surface area contributed by atoms with Gasteiger partial charge in [0.05, 0.1) is 11.4 Å². The lowest BCUT2D eigenvalue weighted by Gasteiger charge is -2.21. The summed E-state index contributed by atoms with van der Waals surface area (Å²) < 4.78 is 14.2. The van der Waals surface area contributed by atoms with Crippen molar-refractivity contribution in [1.82, 2.24) is 4.74 Å². The molecule has 0 radical (unpaired) electrons. The second-order valence-electron chi connectivity index (χ2n) is 10.4. The van der Waals surface area contributed by atoms with Crippen LogP contribution in [-0.2, 0) is 17.6 Å². The molecule has 0 aliphatic heterocycles. The van der Waals surface area contributed by atoms with Gasteiger partial charge in [0.25, 0.3) is 5.56 Å². The van der Waals surface area contributed by atoms with Gasteiger partial charge in [0, 0.05) is 11.1 Å². The van der Waals surface area contributed by atoms with Gasteiger partial charge in [0.15, 0.2) is 5.58 Å². The summed E-state index contributed by atoms with van der Waals surface area (Å²) in [6, 6.07) is 9.56. The van der Waals surface area contributed by atoms with E-state index in [1.807, 2.05) is 30.3 Å². The van der Waals surface area contributed by atoms with Crippen molar-refractivity contribution in [3.63, 3.8) is 0 Å². The molecule has 0 amide bonds. The molecule has 0 unspecified atom stereocenters. The van der Waals surface area contributed by atoms with Gasteiger partial charge in [-0.05, 0) is 48.8 Å². The summed E-state index contributed by atoms with van der Waals surface area (Å²) in [4.78, 5) is 25.8. The monoisotopic (exact) mass is 493 g/mol. The Labute approximate surface area is 213 Å². The number of aliphatic carboxylic acids is 1. The summed E-state index contributed by atoms with van der Waals surface area (Å²) in [5.41, 5.74) is 3.87. The van der Waals surface area contributed by atoms with Crippen LogP contribution >= 0.6 is 0 Å². The van der Waals surface area contributed by atoms with Crippen LogP contribution in [0.1, 0.15) is 113 Å². The average molecular weight is 494 g/mol. The van der Waals surface area contributed by atoms with Crippen LogP contribution in [0.2, 0.25) is 0 Å². The van der Waals surface area contributed by atoms with Crippen molar-refractivity contribution in [1.29, 1.82) is 0 Å². The summed E-state index contributed by atoms with van der Waals surface area (Å²) >= 11 is 0. The molecule has 3 aromatic rings. The quantitative estimate of drug-likeness (QED) is 0.320. The number of nitrogens with zero attached hydrogens (tertiary/aromatic N) is 1. The van der Waals surface area contributed by atoms with E-state index >= 15 is 0 Å². The Balaban J connectivity index is 1.84. The predicted molar refractivity (Wildman–Crippen MR) is 142 cm³/mol. The Morgan fingerprint density at radius 1 is 1.06 bits per heavy atom. The van der Waals surface area contributed by atoms with Crippen LogP contribution in [0.4, 0.5) is 0 Å². The second kappa shape index (κ2) is 11.4. The lowest BCUT2D eigenvalue weighted by atomic mass is 9.96. The van der Waals surface area contributed by atoms with Crippen molar-refractivity contribution in [3.8, 4) is 5.75 Å². The van der Waals surface area contributed by atoms with Crippen LogP contribution in [0.15, 0.2) is 39.6 Å². The van der Waals surface area contributed by atoms with E-state index < -0.39 is 12.1 Å². The van der Waals surface area contributed by atoms with Crippen molar-refractivity contribution >= 4 is 16.9 Å². The molecule has 1 heterocycles. The van der Waals surface area contributed by atoms with E-state index in [9.17, 15) is 14.7 Å². The number of hydrogen-bond acceptors (Lipinski definition) is 4. The Hall–Kier alpha value is -3.02. The number of carboxylic acids is 1. The minimum absolute atomic E-state index is 0.0818. The van der Waals surface area contributed by atoms with Gasteiger partial charge in [-0.15, -0.1) is 0 Å². The van der Waals surface area contributed by atoms with E-state index in [4.69, 9.17) is 9.26 Å². The Kier molecular flexibility index (Phi) is 8.22. The number of ether oxygens (including phenoxy) is 1. The fourth-order valence-electron chi connectivity index (χ4n) is 5.36. The molecule has 2 aromatic carbocycles. The van der Waals surface area contributed by atoms with Crippen LogP contribution in [0.3, 0.4) is 0 Å². The zero-order valence-corrected chi connectivity index (χ0v) is 22.0. The Bertz CT molecular complexity index is 1250. The minimum Gasteiger partial charge on any atom is -0.478 e. The summed E-state index contributed by atoms with van der Waals surface area (Å²) in [6.07, 6.45) is 7.13. The number of fused-ring (bicyclic) bond motifs is 1. The lowest BCUT2D eigenvalue weighted by molar-refractivity contribution is -0.145. The largest absolute Gasteiger partial charge is 0.478 e. The van der Waals surface area contributed by atoms with Crippen molar-refractivity contribution in [3.05, 3.63) is 62.9 Å². The highest BCUT2D eigenvalue weighted by Crippen LogP contribution is 2.38. The molecule has 1 fully saturated rings. The highest BCUT2D eigenvalue weighted by molar-refractivity contribution is 5.84. The molecule has 4 rings (SSSR count). The van der Waals surface area contributed by atoms with E-state index in [0.717, 1.165) is 55.2 Å². The topological polar surface area (TPSA) is 81.7 Å². The van der Waals surface area contributed by atoms with Crippen LogP contribution in [0.5, 0.6) is 5.75 Å². The number of hydrogen-bond donors (Lipinski definition) is 1. The molecule has 1 saturated carbocycles. The molecular weight excluding hydrogens is 454 g/mol. The number of rotatable bonds is 10. The van der Waals surface area contributed by atoms with E-state index in [1.54, 1.807) is 4.74 Å². The van der Waals surface area contributed by atoms with Crippen LogP contribution in [-0.4, -0.2) is 15.8 Å². The molecule has 0 spiro atoms. The summed E-state index contributed by atoms with van der Waals surface area (Å²) in [5.74, 6) is -0.135. The molecule has 0 bridgehead atoms. The van der Waals surface area contributed by atoms with Gasteiger partial charge in [-0.1, -0.05) is 84.1 Å². The maximum Gasteiger partial charge on any atom is 0.349 e. The molecule has 1 N–H and O–H groups in total. The minimum atomic E-state index is -1.15. The van der Waals surface area contributed by atoms with E-state index in [1.165, 1.54) is 6.42 Å². The first-order chi connectivity index (χ1) is 17.3. The van der Waals surface area contributed by atoms with Gasteiger partial charge in [-0.2, -0.15) is 4.74 Å². The average Bonchev–Trinajstić information content (AvgIpc) is 3.20. The smallest absolute Gasteiger partial charge is 0.349 e. The van der Waals surface area contributed by atoms with Gasteiger partial charge in [-0.25, -0.2) is 4.79 Å². The van der Waals surface area contributed by atoms with Gasteiger partial charge in [0.2, 0.25) is 6.10 Å². The fraction of sp³-hybridized carbons (Fsp3) is 0.533. The molecule has 36 heavy (non-hydrogen) atoms. The maximum absolute atomic E-state index is 13.4. The van der Waals surface area contributed by atoms with Crippen molar-refractivity contribution in [2.45, 2.75) is 104 Å². The van der Waals surface area contributed by atoms with Crippen LogP contribution in [0.25, 0.3) is 11.0 Å². The molecule has 1 aliphatic rings. The first-order valence-electron chi connectivity index (χ1n) is 13.5. The SMILES string of the molecule is CCCc1cc2c(=O)n(C3CCCCC3)oc2c(CCC)c1O[C@H](C(=O)O)c1ccc(C(C)C)cc1. The molecule has 194 valence electrons. The Morgan fingerprint density at radius 3 is 2.28 bits per heavy atom. The lowest BCUT2D eigenvalue weighted by Crippen LogP contribution is -2.22. The highest BCUT2D eigenvalue weighted by Gasteiger charge is 2.29. The second-order valence-corrected chi connectivity index (χ2v) is 10.4. The zero-order valence-electron chi connectivity index (χ0n) is 22.0. The number of carbonyl (C=O) groups is 1. The van der Waals surface area contributed by atoms with Gasteiger partial charge in [-0.3, -0.25) is 4.79 Å². The third-order valence-electron chi connectivity index (χ3n) is 7.31. The molecule has 0 saturated heterocycles. The fourth-order valence-corrected chi connectivity index (χ4v) is 5.36. The van der Waals surface area contributed by atoms with Crippen molar-refractivity contribution in [2.24, 2.45) is 0 Å². The summed E-state index contributed by atoms with van der Waals surface area (Å²) in [6.45, 7) is 8.35. The molecule has 6 heteroatoms. The molecule has 6 nitrogen and oxygen atoms in total. The summed E-state index contributed by atoms with van der Waals surface area (Å²) in [7, 11) is 0. The Morgan fingerprint density at radius 2 is 1.69 bits per heavy atom. The zero-order chi connectivity index (χ0) is 25.8. The molecule has 1 aromatic heterocycles. The number of carboxylic acid groups (broad SMARTS) is 1. The first-order valence-corrected chi connectivity index (χ1v) is 13.5. The van der Waals surface area contributed by atoms with Gasteiger partial charge >= 0.3 is 5.97 Å². The molecule has 1 aliphatic carbocycles. The van der Waals surface area contributed by atoms with Gasteiger partial charge in [0.1, 0.15) is 5.75 Å². The third-order valence-corrected chi connectivity index (χ3v) is 7.31. The van der Waals surface area contributed by atoms with E-state index in [0.29, 0.717) is 41.0 Å². The number of aryl methyl sites for hydroxylation is 2. The highest BCUT2D eigenvalue weighted by atomic mass is 16.5. The van der Waals surface area contributed by atoms with Crippen molar-refractivity contribution < 1.29 is 19.2 Å². The van der Waals surface area contributed by atoms with E-state index in [2.05, 4.69) is 27.7 Å². The maximum atomic E-state index is 13.4. The summed E-state index contributed by atoms with van der Waals surface area (Å²) in [5, 5.41) is 10.7. The molecule has 1 atom stereocenters. The normalized spacial score (nSPS) is 15.5. The number of benzene rings is 2. The standard InChI is InChI=1S/C30H39NO5/c1-5-10-22-18-25-28(36-31(29(25)32)23-12-8-7-9-13-23)24(11-6-2)26(22)35-27(30(33)34)21-16-14-20(15-17-21)19(3)4/h14-19,23,27H,5-13H2,1-4H3,(H,33,34)/t27-/m0/s1. The first kappa shape index (κ1) is 26.1.